The summed E-state index contributed by atoms with van der Waals surface area (Å²) >= 11 is 5.83. The fraction of sp³-hybridized carbons (Fsp3) is 0.200. The molecular formula is C10H10ClNO. The Kier molecular flexibility index (Phi) is 2.02. The molecule has 1 unspecified atom stereocenters. The molecule has 0 radical (unpaired) electrons. The molecule has 2 aromatic rings. The molecule has 0 aliphatic heterocycles. The molecule has 3 heteroatoms. The minimum Gasteiger partial charge on any atom is -0.459 e. The lowest BCUT2D eigenvalue weighted by Crippen LogP contribution is -2.02. The molecule has 0 bridgehead atoms. The van der Waals surface area contributed by atoms with Crippen molar-refractivity contribution in [1.82, 2.24) is 0 Å². The van der Waals surface area contributed by atoms with E-state index in [1.807, 2.05) is 25.1 Å². The number of fused-ring (bicyclic) bond motifs is 1. The Morgan fingerprint density at radius 3 is 2.85 bits per heavy atom. The Hall–Kier alpha value is -0.990. The monoisotopic (exact) mass is 195 g/mol. The molecule has 0 spiro atoms. The van der Waals surface area contributed by atoms with Crippen molar-refractivity contribution < 1.29 is 4.42 Å². The summed E-state index contributed by atoms with van der Waals surface area (Å²) in [6, 6.07) is 7.37. The highest BCUT2D eigenvalue weighted by atomic mass is 35.5. The van der Waals surface area contributed by atoms with E-state index in [-0.39, 0.29) is 6.04 Å². The first-order chi connectivity index (χ1) is 6.16. The molecule has 0 aliphatic rings. The average molecular weight is 196 g/mol. The van der Waals surface area contributed by atoms with Crippen molar-refractivity contribution in [2.75, 3.05) is 0 Å². The van der Waals surface area contributed by atoms with E-state index in [9.17, 15) is 0 Å². The Balaban J connectivity index is 2.62. The van der Waals surface area contributed by atoms with Crippen molar-refractivity contribution in [2.45, 2.75) is 13.0 Å². The van der Waals surface area contributed by atoms with E-state index in [0.717, 1.165) is 16.7 Å². The van der Waals surface area contributed by atoms with Gasteiger partial charge in [-0.15, -0.1) is 0 Å². The van der Waals surface area contributed by atoms with Crippen LogP contribution in [0, 0.1) is 0 Å². The minimum absolute atomic E-state index is 0.0776. The van der Waals surface area contributed by atoms with Crippen LogP contribution < -0.4 is 5.73 Å². The van der Waals surface area contributed by atoms with E-state index in [1.54, 1.807) is 6.07 Å². The smallest absolute Gasteiger partial charge is 0.134 e. The Labute approximate surface area is 81.3 Å². The maximum Gasteiger partial charge on any atom is 0.134 e. The van der Waals surface area contributed by atoms with Gasteiger partial charge in [0.2, 0.25) is 0 Å². The summed E-state index contributed by atoms with van der Waals surface area (Å²) in [5.74, 6) is 0.789. The third-order valence-corrected chi connectivity index (χ3v) is 2.18. The average Bonchev–Trinajstić information content (AvgIpc) is 2.46. The molecule has 0 saturated heterocycles. The summed E-state index contributed by atoms with van der Waals surface area (Å²) in [5, 5.41) is 1.71. The van der Waals surface area contributed by atoms with E-state index in [2.05, 4.69) is 0 Å². The zero-order chi connectivity index (χ0) is 9.42. The second-order valence-corrected chi connectivity index (χ2v) is 3.56. The van der Waals surface area contributed by atoms with Crippen LogP contribution in [0.15, 0.2) is 28.7 Å². The van der Waals surface area contributed by atoms with Gasteiger partial charge in [-0.2, -0.15) is 0 Å². The lowest BCUT2D eigenvalue weighted by atomic mass is 10.2. The third kappa shape index (κ3) is 1.55. The normalized spacial score (nSPS) is 13.5. The largest absolute Gasteiger partial charge is 0.459 e. The number of furan rings is 1. The fourth-order valence-corrected chi connectivity index (χ4v) is 1.44. The van der Waals surface area contributed by atoms with Crippen LogP contribution >= 0.6 is 11.6 Å². The van der Waals surface area contributed by atoms with Crippen molar-refractivity contribution >= 4 is 22.6 Å². The second kappa shape index (κ2) is 3.05. The van der Waals surface area contributed by atoms with Crippen LogP contribution in [-0.2, 0) is 0 Å². The predicted octanol–water partition coefficient (Wildman–Crippen LogP) is 3.11. The number of nitrogens with two attached hydrogens (primary N) is 1. The summed E-state index contributed by atoms with van der Waals surface area (Å²) < 4.78 is 5.50. The molecule has 0 amide bonds. The van der Waals surface area contributed by atoms with Gasteiger partial charge < -0.3 is 10.2 Å². The van der Waals surface area contributed by atoms with Crippen LogP contribution in [0.1, 0.15) is 18.7 Å². The fourth-order valence-electron chi connectivity index (χ4n) is 1.26. The summed E-state index contributed by atoms with van der Waals surface area (Å²) in [5.41, 5.74) is 6.52. The van der Waals surface area contributed by atoms with Gasteiger partial charge in [-0.05, 0) is 31.2 Å². The van der Waals surface area contributed by atoms with Gasteiger partial charge in [0.15, 0.2) is 0 Å². The standard InChI is InChI=1S/C10H10ClNO/c1-6(12)10-5-7-4-8(11)2-3-9(7)13-10/h2-6H,12H2,1H3. The van der Waals surface area contributed by atoms with Crippen molar-refractivity contribution in [3.8, 4) is 0 Å². The molecule has 1 heterocycles. The maximum absolute atomic E-state index is 5.83. The van der Waals surface area contributed by atoms with Gasteiger partial charge >= 0.3 is 0 Å². The summed E-state index contributed by atoms with van der Waals surface area (Å²) in [7, 11) is 0. The highest BCUT2D eigenvalue weighted by molar-refractivity contribution is 6.31. The van der Waals surface area contributed by atoms with Gasteiger partial charge in [0.05, 0.1) is 6.04 Å². The molecule has 68 valence electrons. The Morgan fingerprint density at radius 1 is 1.38 bits per heavy atom. The summed E-state index contributed by atoms with van der Waals surface area (Å²) in [4.78, 5) is 0. The highest BCUT2D eigenvalue weighted by Crippen LogP contribution is 2.25. The molecule has 2 N–H and O–H groups in total. The summed E-state index contributed by atoms with van der Waals surface area (Å²) in [6.07, 6.45) is 0. The molecule has 0 fully saturated rings. The van der Waals surface area contributed by atoms with Gasteiger partial charge in [-0.1, -0.05) is 11.6 Å². The number of hydrogen-bond donors (Lipinski definition) is 1. The number of benzene rings is 1. The van der Waals surface area contributed by atoms with Crippen molar-refractivity contribution in [2.24, 2.45) is 5.73 Å². The maximum atomic E-state index is 5.83. The van der Waals surface area contributed by atoms with Crippen molar-refractivity contribution in [1.29, 1.82) is 0 Å². The Morgan fingerprint density at radius 2 is 2.15 bits per heavy atom. The van der Waals surface area contributed by atoms with Crippen LogP contribution in [0.4, 0.5) is 0 Å². The topological polar surface area (TPSA) is 39.2 Å². The molecular weight excluding hydrogens is 186 g/mol. The highest BCUT2D eigenvalue weighted by Gasteiger charge is 2.07. The van der Waals surface area contributed by atoms with Crippen LogP contribution in [0.3, 0.4) is 0 Å². The first-order valence-electron chi connectivity index (χ1n) is 4.11. The molecule has 0 saturated carbocycles. The molecule has 2 rings (SSSR count). The van der Waals surface area contributed by atoms with E-state index in [4.69, 9.17) is 21.8 Å². The van der Waals surface area contributed by atoms with E-state index in [0.29, 0.717) is 5.02 Å². The van der Waals surface area contributed by atoms with Crippen LogP contribution in [0.5, 0.6) is 0 Å². The minimum atomic E-state index is -0.0776. The molecule has 1 aromatic heterocycles. The SMILES string of the molecule is CC(N)c1cc2cc(Cl)ccc2o1. The van der Waals surface area contributed by atoms with Gasteiger partial charge in [0, 0.05) is 10.4 Å². The van der Waals surface area contributed by atoms with Gasteiger partial charge in [-0.25, -0.2) is 0 Å². The quantitative estimate of drug-likeness (QED) is 0.760. The van der Waals surface area contributed by atoms with Gasteiger partial charge in [-0.3, -0.25) is 0 Å². The van der Waals surface area contributed by atoms with Crippen molar-refractivity contribution in [3.63, 3.8) is 0 Å². The Bertz CT molecular complexity index is 433. The number of halogens is 1. The van der Waals surface area contributed by atoms with E-state index in [1.165, 1.54) is 0 Å². The lowest BCUT2D eigenvalue weighted by Gasteiger charge is -1.96. The first-order valence-corrected chi connectivity index (χ1v) is 4.49. The lowest BCUT2D eigenvalue weighted by molar-refractivity contribution is 0.513. The van der Waals surface area contributed by atoms with Crippen molar-refractivity contribution in [3.05, 3.63) is 35.0 Å². The molecule has 0 aliphatic carbocycles. The third-order valence-electron chi connectivity index (χ3n) is 1.95. The zero-order valence-electron chi connectivity index (χ0n) is 7.25. The van der Waals surface area contributed by atoms with Crippen LogP contribution in [0.2, 0.25) is 5.02 Å². The molecule has 13 heavy (non-hydrogen) atoms. The number of hydrogen-bond acceptors (Lipinski definition) is 2. The van der Waals surface area contributed by atoms with Gasteiger partial charge in [0.1, 0.15) is 11.3 Å². The molecule has 1 atom stereocenters. The molecule has 2 nitrogen and oxygen atoms in total. The van der Waals surface area contributed by atoms with E-state index < -0.39 is 0 Å². The zero-order valence-corrected chi connectivity index (χ0v) is 8.01. The van der Waals surface area contributed by atoms with E-state index >= 15 is 0 Å². The number of rotatable bonds is 1. The van der Waals surface area contributed by atoms with Crippen LogP contribution in [0.25, 0.3) is 11.0 Å². The molecule has 1 aromatic carbocycles. The van der Waals surface area contributed by atoms with Gasteiger partial charge in [0.25, 0.3) is 0 Å². The summed E-state index contributed by atoms with van der Waals surface area (Å²) in [6.45, 7) is 1.89. The second-order valence-electron chi connectivity index (χ2n) is 3.12. The van der Waals surface area contributed by atoms with Crippen LogP contribution in [-0.4, -0.2) is 0 Å². The first kappa shape index (κ1) is 8.60. The predicted molar refractivity (Wildman–Crippen MR) is 53.8 cm³/mol.